The van der Waals surface area contributed by atoms with Gasteiger partial charge in [0, 0.05) is 6.42 Å². The molecule has 0 N–H and O–H groups in total. The third-order valence-electron chi connectivity index (χ3n) is 8.80. The topological polar surface area (TPSA) is 8.81 Å². The first-order valence-electron chi connectivity index (χ1n) is 18.0. The van der Waals surface area contributed by atoms with Crippen LogP contribution in [0.2, 0.25) is 0 Å². The van der Waals surface area contributed by atoms with Crippen LogP contribution in [0.25, 0.3) is 0 Å². The molecular weight excluding hydrogens is 484 g/mol. The SMILES string of the molecule is CCCCCCCCCCCCCCCCCCCn1cc[n+](CCCc2ccccc2)c1CCCCCCC. The fraction of sp³-hybridized carbons (Fsp3) is 0.763. The van der Waals surface area contributed by atoms with Crippen LogP contribution in [0.5, 0.6) is 0 Å². The van der Waals surface area contributed by atoms with Crippen molar-refractivity contribution in [1.29, 1.82) is 0 Å². The van der Waals surface area contributed by atoms with E-state index in [4.69, 9.17) is 0 Å². The molecule has 0 saturated carbocycles. The molecule has 40 heavy (non-hydrogen) atoms. The molecule has 2 heteroatoms. The number of hydrogen-bond acceptors (Lipinski definition) is 0. The summed E-state index contributed by atoms with van der Waals surface area (Å²) in [6.07, 6.45) is 39.7. The van der Waals surface area contributed by atoms with E-state index < -0.39 is 0 Å². The highest BCUT2D eigenvalue weighted by Crippen LogP contribution is 2.15. The molecule has 2 aromatic rings. The van der Waals surface area contributed by atoms with E-state index in [1.807, 2.05) is 0 Å². The highest BCUT2D eigenvalue weighted by Gasteiger charge is 2.16. The third-order valence-corrected chi connectivity index (χ3v) is 8.80. The second-order valence-corrected chi connectivity index (χ2v) is 12.5. The molecule has 0 aliphatic rings. The van der Waals surface area contributed by atoms with Gasteiger partial charge in [-0.05, 0) is 37.7 Å². The lowest BCUT2D eigenvalue weighted by Crippen LogP contribution is -2.37. The van der Waals surface area contributed by atoms with E-state index in [-0.39, 0.29) is 0 Å². The Hall–Kier alpha value is -1.57. The molecule has 0 radical (unpaired) electrons. The summed E-state index contributed by atoms with van der Waals surface area (Å²) in [5, 5.41) is 0. The molecule has 1 aromatic carbocycles. The summed E-state index contributed by atoms with van der Waals surface area (Å²) in [6.45, 7) is 6.96. The summed E-state index contributed by atoms with van der Waals surface area (Å²) in [5.74, 6) is 1.57. The molecule has 1 heterocycles. The molecule has 0 spiro atoms. The summed E-state index contributed by atoms with van der Waals surface area (Å²) in [4.78, 5) is 0. The van der Waals surface area contributed by atoms with E-state index >= 15 is 0 Å². The first-order valence-corrected chi connectivity index (χ1v) is 18.0. The predicted molar refractivity (Wildman–Crippen MR) is 176 cm³/mol. The number of benzene rings is 1. The molecule has 2 nitrogen and oxygen atoms in total. The largest absolute Gasteiger partial charge is 0.256 e. The van der Waals surface area contributed by atoms with Crippen molar-refractivity contribution in [3.63, 3.8) is 0 Å². The van der Waals surface area contributed by atoms with Crippen LogP contribution in [0.3, 0.4) is 0 Å². The lowest BCUT2D eigenvalue weighted by Gasteiger charge is -2.07. The molecule has 0 atom stereocenters. The van der Waals surface area contributed by atoms with Crippen LogP contribution >= 0.6 is 0 Å². The van der Waals surface area contributed by atoms with Crippen LogP contribution in [0.4, 0.5) is 0 Å². The van der Waals surface area contributed by atoms with Gasteiger partial charge in [-0.3, -0.25) is 0 Å². The molecule has 0 bridgehead atoms. The van der Waals surface area contributed by atoms with Gasteiger partial charge in [-0.1, -0.05) is 166 Å². The predicted octanol–water partition coefficient (Wildman–Crippen LogP) is 11.6. The quantitative estimate of drug-likeness (QED) is 0.0734. The van der Waals surface area contributed by atoms with Crippen LogP contribution in [0.15, 0.2) is 42.7 Å². The van der Waals surface area contributed by atoms with E-state index in [1.165, 1.54) is 173 Å². The number of aryl methyl sites for hydroxylation is 3. The van der Waals surface area contributed by atoms with Crippen molar-refractivity contribution >= 4 is 0 Å². The zero-order chi connectivity index (χ0) is 28.4. The standard InChI is InChI=1S/C38H67N2/c1-3-5-7-9-10-11-12-13-14-15-16-17-18-19-20-22-27-33-39-35-36-40(38(39)32-26-21-8-6-4-2)34-28-31-37-29-24-23-25-30-37/h23-25,29-30,35-36H,3-22,26-28,31-34H2,1-2H3/q+1. The van der Waals surface area contributed by atoms with Gasteiger partial charge in [-0.2, -0.15) is 0 Å². The Kier molecular flexibility index (Phi) is 21.8. The van der Waals surface area contributed by atoms with E-state index in [9.17, 15) is 0 Å². The zero-order valence-corrected chi connectivity index (χ0v) is 27.0. The smallest absolute Gasteiger partial charge is 0.234 e. The number of hydrogen-bond donors (Lipinski definition) is 0. The van der Waals surface area contributed by atoms with Gasteiger partial charge >= 0.3 is 0 Å². The second-order valence-electron chi connectivity index (χ2n) is 12.5. The monoisotopic (exact) mass is 552 g/mol. The van der Waals surface area contributed by atoms with Crippen molar-refractivity contribution in [2.75, 3.05) is 0 Å². The van der Waals surface area contributed by atoms with Crippen molar-refractivity contribution in [2.24, 2.45) is 0 Å². The molecule has 0 fully saturated rings. The summed E-state index contributed by atoms with van der Waals surface area (Å²) in [5.41, 5.74) is 1.46. The molecule has 0 saturated heterocycles. The van der Waals surface area contributed by atoms with Gasteiger partial charge < -0.3 is 0 Å². The van der Waals surface area contributed by atoms with Gasteiger partial charge in [-0.25, -0.2) is 9.13 Å². The van der Waals surface area contributed by atoms with Crippen molar-refractivity contribution in [1.82, 2.24) is 4.57 Å². The molecule has 0 aliphatic heterocycles. The lowest BCUT2D eigenvalue weighted by atomic mass is 10.0. The summed E-state index contributed by atoms with van der Waals surface area (Å²) < 4.78 is 5.16. The minimum absolute atomic E-state index is 1.14. The molecule has 2 rings (SSSR count). The van der Waals surface area contributed by atoms with Crippen molar-refractivity contribution in [2.45, 2.75) is 187 Å². The lowest BCUT2D eigenvalue weighted by molar-refractivity contribution is -0.704. The summed E-state index contributed by atoms with van der Waals surface area (Å²) in [6, 6.07) is 11.0. The van der Waals surface area contributed by atoms with E-state index in [1.54, 1.807) is 5.82 Å². The molecule has 0 aliphatic carbocycles. The normalized spacial score (nSPS) is 11.4. The maximum Gasteiger partial charge on any atom is 0.256 e. The van der Waals surface area contributed by atoms with Crippen LogP contribution in [-0.2, 0) is 25.9 Å². The number of imidazole rings is 1. The number of nitrogens with zero attached hydrogens (tertiary/aromatic N) is 2. The number of aromatic nitrogens is 2. The van der Waals surface area contributed by atoms with Gasteiger partial charge in [0.05, 0.1) is 13.1 Å². The Morgan fingerprint density at radius 2 is 0.975 bits per heavy atom. The average molecular weight is 552 g/mol. The maximum absolute atomic E-state index is 2.59. The number of rotatable bonds is 28. The fourth-order valence-corrected chi connectivity index (χ4v) is 6.18. The Morgan fingerprint density at radius 1 is 0.500 bits per heavy atom. The molecular formula is C38H67N2+. The molecule has 1 aromatic heterocycles. The Labute approximate surface area is 250 Å². The van der Waals surface area contributed by atoms with Crippen molar-refractivity contribution < 1.29 is 4.57 Å². The van der Waals surface area contributed by atoms with Crippen molar-refractivity contribution in [3.05, 3.63) is 54.1 Å². The van der Waals surface area contributed by atoms with Crippen LogP contribution in [-0.4, -0.2) is 4.57 Å². The Morgan fingerprint density at radius 3 is 1.50 bits per heavy atom. The first-order chi connectivity index (χ1) is 19.8. The number of unbranched alkanes of at least 4 members (excludes halogenated alkanes) is 20. The van der Waals surface area contributed by atoms with E-state index in [2.05, 4.69) is 65.7 Å². The molecule has 228 valence electrons. The maximum atomic E-state index is 2.59. The highest BCUT2D eigenvalue weighted by atomic mass is 15.1. The second kappa shape index (κ2) is 25.2. The van der Waals surface area contributed by atoms with Gasteiger partial charge in [0.15, 0.2) is 0 Å². The van der Waals surface area contributed by atoms with Crippen LogP contribution in [0.1, 0.15) is 173 Å². The van der Waals surface area contributed by atoms with Gasteiger partial charge in [-0.15, -0.1) is 0 Å². The average Bonchev–Trinajstić information content (AvgIpc) is 3.36. The highest BCUT2D eigenvalue weighted by molar-refractivity contribution is 5.14. The Bertz CT molecular complexity index is 793. The van der Waals surface area contributed by atoms with Crippen molar-refractivity contribution in [3.8, 4) is 0 Å². The fourth-order valence-electron chi connectivity index (χ4n) is 6.18. The van der Waals surface area contributed by atoms with Gasteiger partial charge in [0.1, 0.15) is 12.4 Å². The minimum Gasteiger partial charge on any atom is -0.234 e. The molecule has 0 amide bonds. The molecule has 0 unspecified atom stereocenters. The zero-order valence-electron chi connectivity index (χ0n) is 27.0. The van der Waals surface area contributed by atoms with Crippen LogP contribution < -0.4 is 4.57 Å². The minimum atomic E-state index is 1.14. The summed E-state index contributed by atoms with van der Waals surface area (Å²) in [7, 11) is 0. The van der Waals surface area contributed by atoms with E-state index in [0.717, 1.165) is 6.54 Å². The van der Waals surface area contributed by atoms with Gasteiger partial charge in [0.25, 0.3) is 5.82 Å². The first kappa shape index (κ1) is 34.6. The third kappa shape index (κ3) is 17.3. The van der Waals surface area contributed by atoms with Gasteiger partial charge in [0.2, 0.25) is 0 Å². The van der Waals surface area contributed by atoms with E-state index in [0.29, 0.717) is 0 Å². The van der Waals surface area contributed by atoms with Crippen LogP contribution in [0, 0.1) is 0 Å². The Balaban J connectivity index is 1.55. The summed E-state index contributed by atoms with van der Waals surface area (Å²) >= 11 is 0.